The number of halogens is 1. The van der Waals surface area contributed by atoms with Gasteiger partial charge in [-0.05, 0) is 55.2 Å². The van der Waals surface area contributed by atoms with Crippen molar-refractivity contribution in [2.24, 2.45) is 5.10 Å². The lowest BCUT2D eigenvalue weighted by Gasteiger charge is -2.28. The molecule has 0 radical (unpaired) electrons. The van der Waals surface area contributed by atoms with E-state index < -0.39 is 0 Å². The van der Waals surface area contributed by atoms with Gasteiger partial charge in [0.25, 0.3) is 5.91 Å². The number of piperidine rings is 1. The first kappa shape index (κ1) is 18.3. The lowest BCUT2D eigenvalue weighted by atomic mass is 10.1. The van der Waals surface area contributed by atoms with Crippen LogP contribution in [0.5, 0.6) is 5.75 Å². The quantitative estimate of drug-likeness (QED) is 0.619. The molecule has 1 aliphatic rings. The highest BCUT2D eigenvalue weighted by Gasteiger charge is 2.10. The largest absolute Gasteiger partial charge is 0.484 e. The molecule has 1 saturated heterocycles. The van der Waals surface area contributed by atoms with Crippen molar-refractivity contribution >= 4 is 29.4 Å². The second-order valence-electron chi connectivity index (χ2n) is 6.18. The molecule has 2 aromatic carbocycles. The third-order valence-electron chi connectivity index (χ3n) is 4.18. The summed E-state index contributed by atoms with van der Waals surface area (Å²) in [4.78, 5) is 14.2. The summed E-state index contributed by atoms with van der Waals surface area (Å²) in [5.41, 5.74) is 4.63. The second kappa shape index (κ2) is 9.25. The Balaban J connectivity index is 1.44. The summed E-state index contributed by atoms with van der Waals surface area (Å²) in [6.45, 7) is 2.12. The molecule has 0 aromatic heterocycles. The highest BCUT2D eigenvalue weighted by molar-refractivity contribution is 6.30. The van der Waals surface area contributed by atoms with E-state index in [-0.39, 0.29) is 12.5 Å². The average Bonchev–Trinajstić information content (AvgIpc) is 2.68. The fourth-order valence-electron chi connectivity index (χ4n) is 2.84. The summed E-state index contributed by atoms with van der Waals surface area (Å²) >= 11 is 5.87. The molecule has 6 heteroatoms. The molecule has 0 saturated carbocycles. The fraction of sp³-hybridized carbons (Fsp3) is 0.300. The van der Waals surface area contributed by atoms with Crippen LogP contribution in [0, 0.1) is 0 Å². The molecule has 26 heavy (non-hydrogen) atoms. The summed E-state index contributed by atoms with van der Waals surface area (Å²) in [7, 11) is 0. The van der Waals surface area contributed by atoms with Crippen LogP contribution in [0.3, 0.4) is 0 Å². The Hall–Kier alpha value is -2.53. The molecule has 5 nitrogen and oxygen atoms in total. The van der Waals surface area contributed by atoms with Crippen molar-refractivity contribution in [2.45, 2.75) is 19.3 Å². The van der Waals surface area contributed by atoms with Gasteiger partial charge in [0.15, 0.2) is 6.61 Å². The minimum absolute atomic E-state index is 0.119. The van der Waals surface area contributed by atoms with Gasteiger partial charge in [0, 0.05) is 23.8 Å². The third-order valence-corrected chi connectivity index (χ3v) is 4.42. The van der Waals surface area contributed by atoms with Crippen molar-refractivity contribution < 1.29 is 9.53 Å². The standard InChI is InChI=1S/C20H22ClN3O2/c21-17-5-4-6-19(13-17)26-15-20(25)23-22-14-16-7-9-18(10-8-16)24-11-2-1-3-12-24/h4-10,13-14H,1-3,11-12,15H2,(H,23,25)/b22-14+. The number of rotatable bonds is 6. The summed E-state index contributed by atoms with van der Waals surface area (Å²) in [5, 5.41) is 4.53. The van der Waals surface area contributed by atoms with Crippen LogP contribution < -0.4 is 15.1 Å². The van der Waals surface area contributed by atoms with Crippen molar-refractivity contribution in [3.05, 3.63) is 59.1 Å². The third kappa shape index (κ3) is 5.49. The van der Waals surface area contributed by atoms with Crippen molar-refractivity contribution in [3.63, 3.8) is 0 Å². The molecule has 1 fully saturated rings. The van der Waals surface area contributed by atoms with Crippen LogP contribution in [-0.4, -0.2) is 31.8 Å². The molecule has 3 rings (SSSR count). The number of amides is 1. The number of hydrazone groups is 1. The molecule has 1 heterocycles. The highest BCUT2D eigenvalue weighted by atomic mass is 35.5. The molecule has 1 N–H and O–H groups in total. The van der Waals surface area contributed by atoms with E-state index in [9.17, 15) is 4.79 Å². The van der Waals surface area contributed by atoms with E-state index in [1.54, 1.807) is 30.5 Å². The van der Waals surface area contributed by atoms with E-state index in [0.29, 0.717) is 10.8 Å². The van der Waals surface area contributed by atoms with Crippen LogP contribution >= 0.6 is 11.6 Å². The number of hydrogen-bond donors (Lipinski definition) is 1. The van der Waals surface area contributed by atoms with Crippen LogP contribution in [-0.2, 0) is 4.79 Å². The normalized spacial score (nSPS) is 14.4. The SMILES string of the molecule is O=C(COc1cccc(Cl)c1)N/N=C/c1ccc(N2CCCCC2)cc1. The van der Waals surface area contributed by atoms with Gasteiger partial charge < -0.3 is 9.64 Å². The average molecular weight is 372 g/mol. The Morgan fingerprint density at radius 1 is 1.15 bits per heavy atom. The highest BCUT2D eigenvalue weighted by Crippen LogP contribution is 2.20. The number of carbonyl (C=O) groups excluding carboxylic acids is 1. The monoisotopic (exact) mass is 371 g/mol. The van der Waals surface area contributed by atoms with Crippen LogP contribution in [0.4, 0.5) is 5.69 Å². The van der Waals surface area contributed by atoms with E-state index in [4.69, 9.17) is 16.3 Å². The topological polar surface area (TPSA) is 53.9 Å². The van der Waals surface area contributed by atoms with Gasteiger partial charge in [-0.2, -0.15) is 5.10 Å². The molecule has 0 spiro atoms. The maximum Gasteiger partial charge on any atom is 0.277 e. The lowest BCUT2D eigenvalue weighted by Crippen LogP contribution is -2.29. The Bertz CT molecular complexity index is 756. The first-order valence-electron chi connectivity index (χ1n) is 8.76. The Morgan fingerprint density at radius 3 is 2.65 bits per heavy atom. The second-order valence-corrected chi connectivity index (χ2v) is 6.61. The molecule has 1 aliphatic heterocycles. The number of carbonyl (C=O) groups is 1. The van der Waals surface area contributed by atoms with Crippen LogP contribution in [0.2, 0.25) is 5.02 Å². The molecule has 0 aliphatic carbocycles. The molecule has 0 unspecified atom stereocenters. The van der Waals surface area contributed by atoms with Crippen molar-refractivity contribution in [3.8, 4) is 5.75 Å². The summed E-state index contributed by atoms with van der Waals surface area (Å²) in [6, 6.07) is 15.1. The van der Waals surface area contributed by atoms with Gasteiger partial charge in [-0.1, -0.05) is 29.8 Å². The molecule has 136 valence electrons. The minimum atomic E-state index is -0.328. The lowest BCUT2D eigenvalue weighted by molar-refractivity contribution is -0.123. The number of anilines is 1. The van der Waals surface area contributed by atoms with Gasteiger partial charge in [-0.15, -0.1) is 0 Å². The maximum atomic E-state index is 11.8. The Labute approximate surface area is 158 Å². The minimum Gasteiger partial charge on any atom is -0.484 e. The van der Waals surface area contributed by atoms with Crippen molar-refractivity contribution in [1.29, 1.82) is 0 Å². The first-order chi connectivity index (χ1) is 12.7. The number of hydrogen-bond acceptors (Lipinski definition) is 4. The van der Waals surface area contributed by atoms with Crippen molar-refractivity contribution in [2.75, 3.05) is 24.6 Å². The molecule has 0 atom stereocenters. The number of ether oxygens (including phenoxy) is 1. The smallest absolute Gasteiger partial charge is 0.277 e. The predicted molar refractivity (Wildman–Crippen MR) is 105 cm³/mol. The van der Waals surface area contributed by atoms with Gasteiger partial charge in [0.05, 0.1) is 6.21 Å². The Morgan fingerprint density at radius 2 is 1.92 bits per heavy atom. The van der Waals surface area contributed by atoms with E-state index in [2.05, 4.69) is 27.6 Å². The molecule has 0 bridgehead atoms. The molecule has 1 amide bonds. The maximum absolute atomic E-state index is 11.8. The van der Waals surface area contributed by atoms with Gasteiger partial charge in [0.1, 0.15) is 5.75 Å². The van der Waals surface area contributed by atoms with Gasteiger partial charge >= 0.3 is 0 Å². The van der Waals surface area contributed by atoms with E-state index >= 15 is 0 Å². The van der Waals surface area contributed by atoms with Gasteiger partial charge in [0.2, 0.25) is 0 Å². The fourth-order valence-corrected chi connectivity index (χ4v) is 3.02. The first-order valence-corrected chi connectivity index (χ1v) is 9.14. The van der Waals surface area contributed by atoms with Crippen molar-refractivity contribution in [1.82, 2.24) is 5.43 Å². The summed E-state index contributed by atoms with van der Waals surface area (Å²) in [5.74, 6) is 0.219. The zero-order chi connectivity index (χ0) is 18.2. The predicted octanol–water partition coefficient (Wildman–Crippen LogP) is 3.86. The van der Waals surface area contributed by atoms with E-state index in [1.807, 2.05) is 12.1 Å². The van der Waals surface area contributed by atoms with Gasteiger partial charge in [-0.25, -0.2) is 5.43 Å². The molecule has 2 aromatic rings. The van der Waals surface area contributed by atoms with Crippen LogP contribution in [0.15, 0.2) is 53.6 Å². The van der Waals surface area contributed by atoms with E-state index in [0.717, 1.165) is 18.7 Å². The number of nitrogens with one attached hydrogen (secondary N) is 1. The van der Waals surface area contributed by atoms with Crippen LogP contribution in [0.25, 0.3) is 0 Å². The summed E-state index contributed by atoms with van der Waals surface area (Å²) in [6.07, 6.45) is 5.46. The zero-order valence-corrected chi connectivity index (χ0v) is 15.3. The molecular weight excluding hydrogens is 350 g/mol. The summed E-state index contributed by atoms with van der Waals surface area (Å²) < 4.78 is 5.36. The number of benzene rings is 2. The number of nitrogens with zero attached hydrogens (tertiary/aromatic N) is 2. The van der Waals surface area contributed by atoms with E-state index in [1.165, 1.54) is 24.9 Å². The van der Waals surface area contributed by atoms with Crippen LogP contribution in [0.1, 0.15) is 24.8 Å². The molecular formula is C20H22ClN3O2. The van der Waals surface area contributed by atoms with Gasteiger partial charge in [-0.3, -0.25) is 4.79 Å². The zero-order valence-electron chi connectivity index (χ0n) is 14.5. The Kier molecular flexibility index (Phi) is 6.50.